The van der Waals surface area contributed by atoms with E-state index in [1.165, 1.54) is 16.7 Å². The zero-order valence-electron chi connectivity index (χ0n) is 12.4. The fourth-order valence-electron chi connectivity index (χ4n) is 2.36. The van der Waals surface area contributed by atoms with Crippen molar-refractivity contribution in [3.8, 4) is 0 Å². The van der Waals surface area contributed by atoms with Gasteiger partial charge in [-0.2, -0.15) is 5.10 Å². The SMILES string of the molecule is CCCNC(c1cnn(CC)c1)c1ccc(Cl)cc1C. The summed E-state index contributed by atoms with van der Waals surface area (Å²) in [7, 11) is 0. The predicted molar refractivity (Wildman–Crippen MR) is 84.2 cm³/mol. The molecule has 0 aliphatic rings. The highest BCUT2D eigenvalue weighted by molar-refractivity contribution is 6.30. The van der Waals surface area contributed by atoms with Gasteiger partial charge in [-0.15, -0.1) is 0 Å². The molecule has 1 unspecified atom stereocenters. The van der Waals surface area contributed by atoms with E-state index < -0.39 is 0 Å². The van der Waals surface area contributed by atoms with Crippen molar-refractivity contribution in [1.29, 1.82) is 0 Å². The van der Waals surface area contributed by atoms with E-state index in [9.17, 15) is 0 Å². The third-order valence-electron chi connectivity index (χ3n) is 3.45. The molecule has 0 fully saturated rings. The van der Waals surface area contributed by atoms with Crippen LogP contribution in [-0.4, -0.2) is 16.3 Å². The third-order valence-corrected chi connectivity index (χ3v) is 3.69. The van der Waals surface area contributed by atoms with Gasteiger partial charge in [-0.1, -0.05) is 24.6 Å². The molecule has 3 nitrogen and oxygen atoms in total. The second-order valence-electron chi connectivity index (χ2n) is 5.02. The van der Waals surface area contributed by atoms with Crippen LogP contribution in [0, 0.1) is 6.92 Å². The van der Waals surface area contributed by atoms with Crippen molar-refractivity contribution >= 4 is 11.6 Å². The van der Waals surface area contributed by atoms with Gasteiger partial charge in [-0.25, -0.2) is 0 Å². The molecule has 0 spiro atoms. The van der Waals surface area contributed by atoms with Gasteiger partial charge in [0.25, 0.3) is 0 Å². The molecule has 2 aromatic rings. The Morgan fingerprint density at radius 3 is 2.75 bits per heavy atom. The molecule has 4 heteroatoms. The third kappa shape index (κ3) is 3.41. The number of nitrogens with zero attached hydrogens (tertiary/aromatic N) is 2. The van der Waals surface area contributed by atoms with Crippen LogP contribution in [0.5, 0.6) is 0 Å². The lowest BCUT2D eigenvalue weighted by Gasteiger charge is -2.20. The van der Waals surface area contributed by atoms with Crippen LogP contribution in [0.25, 0.3) is 0 Å². The fourth-order valence-corrected chi connectivity index (χ4v) is 2.59. The number of rotatable bonds is 6. The molecule has 0 amide bonds. The van der Waals surface area contributed by atoms with E-state index in [-0.39, 0.29) is 6.04 Å². The normalized spacial score (nSPS) is 12.6. The molecule has 20 heavy (non-hydrogen) atoms. The molecular formula is C16H22ClN3. The van der Waals surface area contributed by atoms with Crippen molar-refractivity contribution < 1.29 is 0 Å². The van der Waals surface area contributed by atoms with E-state index in [1.54, 1.807) is 0 Å². The second-order valence-corrected chi connectivity index (χ2v) is 5.45. The van der Waals surface area contributed by atoms with Gasteiger partial charge in [0, 0.05) is 23.3 Å². The Hall–Kier alpha value is -1.32. The number of nitrogens with one attached hydrogen (secondary N) is 1. The smallest absolute Gasteiger partial charge is 0.0610 e. The summed E-state index contributed by atoms with van der Waals surface area (Å²) in [6.45, 7) is 8.24. The summed E-state index contributed by atoms with van der Waals surface area (Å²) in [6.07, 6.45) is 5.16. The minimum Gasteiger partial charge on any atom is -0.306 e. The fraction of sp³-hybridized carbons (Fsp3) is 0.438. The average Bonchev–Trinajstić information content (AvgIpc) is 2.90. The molecule has 1 aromatic heterocycles. The van der Waals surface area contributed by atoms with Gasteiger partial charge >= 0.3 is 0 Å². The zero-order valence-corrected chi connectivity index (χ0v) is 13.1. The monoisotopic (exact) mass is 291 g/mol. The summed E-state index contributed by atoms with van der Waals surface area (Å²) in [5, 5.41) is 8.77. The van der Waals surface area contributed by atoms with Crippen LogP contribution in [0.4, 0.5) is 0 Å². The van der Waals surface area contributed by atoms with E-state index in [2.05, 4.69) is 43.4 Å². The Morgan fingerprint density at radius 1 is 1.35 bits per heavy atom. The number of hydrogen-bond acceptors (Lipinski definition) is 2. The van der Waals surface area contributed by atoms with E-state index in [0.717, 1.165) is 24.5 Å². The Balaban J connectivity index is 2.35. The van der Waals surface area contributed by atoms with E-state index in [0.29, 0.717) is 0 Å². The minimum absolute atomic E-state index is 0.174. The number of benzene rings is 1. The lowest BCUT2D eigenvalue weighted by Crippen LogP contribution is -2.23. The maximum atomic E-state index is 6.06. The average molecular weight is 292 g/mol. The molecule has 0 saturated carbocycles. The number of hydrogen-bond donors (Lipinski definition) is 1. The van der Waals surface area contributed by atoms with Gasteiger partial charge in [0.15, 0.2) is 0 Å². The molecule has 0 aliphatic carbocycles. The zero-order chi connectivity index (χ0) is 14.5. The molecule has 2 rings (SSSR count). The van der Waals surface area contributed by atoms with Crippen molar-refractivity contribution in [2.24, 2.45) is 0 Å². The first-order valence-corrected chi connectivity index (χ1v) is 7.55. The lowest BCUT2D eigenvalue weighted by molar-refractivity contribution is 0.594. The van der Waals surface area contributed by atoms with Crippen LogP contribution in [0.1, 0.15) is 43.0 Å². The van der Waals surface area contributed by atoms with E-state index >= 15 is 0 Å². The number of halogens is 1. The number of aryl methyl sites for hydroxylation is 2. The molecule has 0 radical (unpaired) electrons. The summed E-state index contributed by atoms with van der Waals surface area (Å²) in [6, 6.07) is 6.25. The Morgan fingerprint density at radius 2 is 2.15 bits per heavy atom. The number of aromatic nitrogens is 2. The van der Waals surface area contributed by atoms with Gasteiger partial charge < -0.3 is 5.32 Å². The largest absolute Gasteiger partial charge is 0.306 e. The summed E-state index contributed by atoms with van der Waals surface area (Å²) in [5.41, 5.74) is 3.67. The van der Waals surface area contributed by atoms with E-state index in [1.807, 2.05) is 23.0 Å². The molecule has 1 heterocycles. The Labute approximate surface area is 126 Å². The van der Waals surface area contributed by atoms with Crippen molar-refractivity contribution in [2.75, 3.05) is 6.54 Å². The van der Waals surface area contributed by atoms with Crippen molar-refractivity contribution in [1.82, 2.24) is 15.1 Å². The minimum atomic E-state index is 0.174. The predicted octanol–water partition coefficient (Wildman–Crippen LogP) is 3.95. The maximum absolute atomic E-state index is 6.06. The van der Waals surface area contributed by atoms with Crippen LogP contribution < -0.4 is 5.32 Å². The highest BCUT2D eigenvalue weighted by atomic mass is 35.5. The van der Waals surface area contributed by atoms with Gasteiger partial charge in [0.05, 0.1) is 12.2 Å². The molecule has 108 valence electrons. The molecule has 0 bridgehead atoms. The van der Waals surface area contributed by atoms with Crippen LogP contribution in [0.15, 0.2) is 30.6 Å². The van der Waals surface area contributed by atoms with Crippen LogP contribution in [0.2, 0.25) is 5.02 Å². The van der Waals surface area contributed by atoms with Crippen molar-refractivity contribution in [3.63, 3.8) is 0 Å². The molecule has 1 aromatic carbocycles. The highest BCUT2D eigenvalue weighted by Gasteiger charge is 2.17. The van der Waals surface area contributed by atoms with Crippen LogP contribution >= 0.6 is 11.6 Å². The van der Waals surface area contributed by atoms with Crippen LogP contribution in [-0.2, 0) is 6.54 Å². The summed E-state index contributed by atoms with van der Waals surface area (Å²) in [5.74, 6) is 0. The van der Waals surface area contributed by atoms with Gasteiger partial charge in [0.1, 0.15) is 0 Å². The molecular weight excluding hydrogens is 270 g/mol. The topological polar surface area (TPSA) is 29.9 Å². The summed E-state index contributed by atoms with van der Waals surface area (Å²) in [4.78, 5) is 0. The van der Waals surface area contributed by atoms with Crippen molar-refractivity contribution in [2.45, 2.75) is 39.8 Å². The second kappa shape index (κ2) is 6.91. The summed E-state index contributed by atoms with van der Waals surface area (Å²) < 4.78 is 1.96. The molecule has 0 aliphatic heterocycles. The first-order valence-electron chi connectivity index (χ1n) is 7.17. The van der Waals surface area contributed by atoms with Gasteiger partial charge in [-0.3, -0.25) is 4.68 Å². The van der Waals surface area contributed by atoms with Crippen molar-refractivity contribution in [3.05, 3.63) is 52.3 Å². The Bertz CT molecular complexity index is 563. The maximum Gasteiger partial charge on any atom is 0.0610 e. The molecule has 1 N–H and O–H groups in total. The summed E-state index contributed by atoms with van der Waals surface area (Å²) >= 11 is 6.06. The highest BCUT2D eigenvalue weighted by Crippen LogP contribution is 2.26. The van der Waals surface area contributed by atoms with Gasteiger partial charge in [0.2, 0.25) is 0 Å². The lowest BCUT2D eigenvalue weighted by atomic mass is 9.97. The van der Waals surface area contributed by atoms with Gasteiger partial charge in [-0.05, 0) is 50.1 Å². The first-order chi connectivity index (χ1) is 9.65. The molecule has 0 saturated heterocycles. The quantitative estimate of drug-likeness (QED) is 0.873. The van der Waals surface area contributed by atoms with Crippen LogP contribution in [0.3, 0.4) is 0 Å². The molecule has 1 atom stereocenters. The first kappa shape index (κ1) is 15.1. The standard InChI is InChI=1S/C16H22ClN3/c1-4-8-18-16(13-10-19-20(5-2)11-13)15-7-6-14(17)9-12(15)3/h6-7,9-11,16,18H,4-5,8H2,1-3H3. The van der Waals surface area contributed by atoms with E-state index in [4.69, 9.17) is 11.6 Å². The Kier molecular flexibility index (Phi) is 5.21.